The molecule has 2 fully saturated rings. The van der Waals surface area contributed by atoms with Gasteiger partial charge in [0, 0.05) is 17.3 Å². The highest BCUT2D eigenvalue weighted by atomic mass is 32.2. The van der Waals surface area contributed by atoms with Gasteiger partial charge < -0.3 is 5.32 Å². The van der Waals surface area contributed by atoms with Crippen molar-refractivity contribution in [2.75, 3.05) is 6.26 Å². The summed E-state index contributed by atoms with van der Waals surface area (Å²) in [6.07, 6.45) is 12.2. The molecule has 2 aliphatic rings. The van der Waals surface area contributed by atoms with Gasteiger partial charge in [-0.2, -0.15) is 11.8 Å². The summed E-state index contributed by atoms with van der Waals surface area (Å²) in [6, 6.07) is 1.62. The maximum atomic E-state index is 3.96. The summed E-state index contributed by atoms with van der Waals surface area (Å²) in [5, 5.41) is 4.88. The summed E-state index contributed by atoms with van der Waals surface area (Å²) in [5.41, 5.74) is 0. The van der Waals surface area contributed by atoms with Gasteiger partial charge in [0.05, 0.1) is 0 Å². The lowest BCUT2D eigenvalue weighted by Gasteiger charge is -2.37. The third kappa shape index (κ3) is 3.89. The normalized spacial score (nSPS) is 43.6. The maximum Gasteiger partial charge on any atom is 0.00801 e. The molecule has 0 saturated heterocycles. The zero-order chi connectivity index (χ0) is 12.3. The molecule has 5 unspecified atom stereocenters. The minimum absolute atomic E-state index is 0.812. The highest BCUT2D eigenvalue weighted by Crippen LogP contribution is 2.32. The Morgan fingerprint density at radius 2 is 1.65 bits per heavy atom. The molecule has 17 heavy (non-hydrogen) atoms. The van der Waals surface area contributed by atoms with Crippen LogP contribution in [0.2, 0.25) is 0 Å². The molecule has 2 saturated carbocycles. The molecule has 0 spiro atoms. The van der Waals surface area contributed by atoms with E-state index in [2.05, 4.69) is 37.2 Å². The smallest absolute Gasteiger partial charge is 0.00801 e. The number of hydrogen-bond acceptors (Lipinski definition) is 2. The fraction of sp³-hybridized carbons (Fsp3) is 1.00. The van der Waals surface area contributed by atoms with Crippen molar-refractivity contribution < 1.29 is 0 Å². The van der Waals surface area contributed by atoms with E-state index in [1.54, 1.807) is 0 Å². The summed E-state index contributed by atoms with van der Waals surface area (Å²) >= 11 is 2.07. The van der Waals surface area contributed by atoms with E-state index in [0.29, 0.717) is 0 Å². The Balaban J connectivity index is 1.76. The molecule has 0 bridgehead atoms. The Bertz CT molecular complexity index is 227. The van der Waals surface area contributed by atoms with Crippen molar-refractivity contribution in [1.29, 1.82) is 0 Å². The van der Waals surface area contributed by atoms with Crippen LogP contribution in [-0.4, -0.2) is 23.6 Å². The van der Waals surface area contributed by atoms with Crippen LogP contribution in [0, 0.1) is 11.8 Å². The lowest BCUT2D eigenvalue weighted by Crippen LogP contribution is -2.44. The van der Waals surface area contributed by atoms with Crippen LogP contribution >= 0.6 is 11.8 Å². The SMILES string of the molecule is CSC1CCCC(NC2CCC(C)C(C)C2)C1. The summed E-state index contributed by atoms with van der Waals surface area (Å²) < 4.78 is 0. The molecule has 2 aliphatic carbocycles. The molecule has 0 aliphatic heterocycles. The fourth-order valence-corrected chi connectivity index (χ4v) is 4.37. The fourth-order valence-electron chi connectivity index (χ4n) is 3.54. The lowest BCUT2D eigenvalue weighted by atomic mass is 9.78. The van der Waals surface area contributed by atoms with Crippen molar-refractivity contribution in [1.82, 2.24) is 5.32 Å². The second-order valence-electron chi connectivity index (χ2n) is 6.35. The van der Waals surface area contributed by atoms with E-state index in [1.165, 1.54) is 44.9 Å². The monoisotopic (exact) mass is 255 g/mol. The predicted octanol–water partition coefficient (Wildman–Crippen LogP) is 4.07. The van der Waals surface area contributed by atoms with Gasteiger partial charge in [-0.25, -0.2) is 0 Å². The average Bonchev–Trinajstić information content (AvgIpc) is 2.34. The second kappa shape index (κ2) is 6.47. The van der Waals surface area contributed by atoms with Gasteiger partial charge in [-0.05, 0) is 56.6 Å². The Kier molecular flexibility index (Phi) is 5.23. The summed E-state index contributed by atoms with van der Waals surface area (Å²) in [7, 11) is 0. The maximum absolute atomic E-state index is 3.96. The molecule has 0 radical (unpaired) electrons. The van der Waals surface area contributed by atoms with Gasteiger partial charge in [0.1, 0.15) is 0 Å². The van der Waals surface area contributed by atoms with E-state index in [0.717, 1.165) is 29.2 Å². The molecule has 1 nitrogen and oxygen atoms in total. The van der Waals surface area contributed by atoms with E-state index < -0.39 is 0 Å². The Morgan fingerprint density at radius 1 is 0.882 bits per heavy atom. The molecule has 0 aromatic rings. The van der Waals surface area contributed by atoms with Crippen LogP contribution in [0.5, 0.6) is 0 Å². The van der Waals surface area contributed by atoms with Gasteiger partial charge >= 0.3 is 0 Å². The van der Waals surface area contributed by atoms with Gasteiger partial charge in [-0.3, -0.25) is 0 Å². The number of hydrogen-bond donors (Lipinski definition) is 1. The molecule has 0 heterocycles. The van der Waals surface area contributed by atoms with E-state index in [4.69, 9.17) is 0 Å². The van der Waals surface area contributed by atoms with Gasteiger partial charge in [-0.1, -0.05) is 20.3 Å². The molecule has 5 atom stereocenters. The Labute approximate surface area is 112 Å². The number of rotatable bonds is 3. The topological polar surface area (TPSA) is 12.0 Å². The van der Waals surface area contributed by atoms with Gasteiger partial charge in [0.15, 0.2) is 0 Å². The Hall–Kier alpha value is 0.310. The van der Waals surface area contributed by atoms with Crippen molar-refractivity contribution in [3.63, 3.8) is 0 Å². The molecule has 0 amide bonds. The highest BCUT2D eigenvalue weighted by Gasteiger charge is 2.28. The summed E-state index contributed by atoms with van der Waals surface area (Å²) in [4.78, 5) is 0. The quantitative estimate of drug-likeness (QED) is 0.815. The van der Waals surface area contributed by atoms with Crippen molar-refractivity contribution in [2.45, 2.75) is 76.1 Å². The molecular weight excluding hydrogens is 226 g/mol. The summed E-state index contributed by atoms with van der Waals surface area (Å²) in [6.45, 7) is 4.86. The van der Waals surface area contributed by atoms with Gasteiger partial charge in [-0.15, -0.1) is 0 Å². The van der Waals surface area contributed by atoms with Gasteiger partial charge in [0.25, 0.3) is 0 Å². The van der Waals surface area contributed by atoms with Gasteiger partial charge in [0.2, 0.25) is 0 Å². The molecule has 1 N–H and O–H groups in total. The number of thioether (sulfide) groups is 1. The molecule has 0 aromatic heterocycles. The molecule has 0 aromatic carbocycles. The van der Waals surface area contributed by atoms with Crippen LogP contribution in [0.25, 0.3) is 0 Å². The lowest BCUT2D eigenvalue weighted by molar-refractivity contribution is 0.204. The van der Waals surface area contributed by atoms with Crippen LogP contribution < -0.4 is 5.32 Å². The van der Waals surface area contributed by atoms with E-state index >= 15 is 0 Å². The van der Waals surface area contributed by atoms with Crippen LogP contribution in [-0.2, 0) is 0 Å². The van der Waals surface area contributed by atoms with E-state index in [9.17, 15) is 0 Å². The first kappa shape index (κ1) is 13.7. The van der Waals surface area contributed by atoms with Crippen LogP contribution in [0.1, 0.15) is 58.8 Å². The Morgan fingerprint density at radius 3 is 2.35 bits per heavy atom. The van der Waals surface area contributed by atoms with Crippen LogP contribution in [0.4, 0.5) is 0 Å². The molecule has 2 heteroatoms. The zero-order valence-corrected chi connectivity index (χ0v) is 12.6. The first-order valence-electron chi connectivity index (χ1n) is 7.48. The zero-order valence-electron chi connectivity index (χ0n) is 11.7. The first-order valence-corrected chi connectivity index (χ1v) is 8.76. The first-order chi connectivity index (χ1) is 8.19. The van der Waals surface area contributed by atoms with Crippen molar-refractivity contribution in [3.05, 3.63) is 0 Å². The van der Waals surface area contributed by atoms with E-state index in [-0.39, 0.29) is 0 Å². The number of nitrogens with one attached hydrogen (secondary N) is 1. The summed E-state index contributed by atoms with van der Waals surface area (Å²) in [5.74, 6) is 1.86. The largest absolute Gasteiger partial charge is 0.311 e. The second-order valence-corrected chi connectivity index (χ2v) is 7.49. The van der Waals surface area contributed by atoms with Crippen molar-refractivity contribution in [3.8, 4) is 0 Å². The van der Waals surface area contributed by atoms with Crippen LogP contribution in [0.3, 0.4) is 0 Å². The third-order valence-electron chi connectivity index (χ3n) is 5.03. The standard InChI is InChI=1S/C15H29NS/c1-11-7-8-14(9-12(11)2)16-13-5-4-6-15(10-13)17-3/h11-16H,4-10H2,1-3H3. The van der Waals surface area contributed by atoms with Crippen molar-refractivity contribution in [2.24, 2.45) is 11.8 Å². The highest BCUT2D eigenvalue weighted by molar-refractivity contribution is 7.99. The predicted molar refractivity (Wildman–Crippen MR) is 78.7 cm³/mol. The molecule has 2 rings (SSSR count). The van der Waals surface area contributed by atoms with Crippen molar-refractivity contribution >= 4 is 11.8 Å². The molecular formula is C15H29NS. The molecule has 100 valence electrons. The van der Waals surface area contributed by atoms with E-state index in [1.807, 2.05) is 0 Å². The minimum atomic E-state index is 0.812. The third-order valence-corrected chi connectivity index (χ3v) is 6.12. The minimum Gasteiger partial charge on any atom is -0.311 e. The van der Waals surface area contributed by atoms with Crippen LogP contribution in [0.15, 0.2) is 0 Å². The average molecular weight is 255 g/mol.